The first-order valence-corrected chi connectivity index (χ1v) is 7.70. The summed E-state index contributed by atoms with van der Waals surface area (Å²) in [7, 11) is 2.93. The maximum absolute atomic E-state index is 9.59. The number of rotatable bonds is 8. The quantitative estimate of drug-likeness (QED) is 0.509. The van der Waals surface area contributed by atoms with Gasteiger partial charge in [-0.05, 0) is 14.1 Å². The van der Waals surface area contributed by atoms with Crippen LogP contribution in [0.1, 0.15) is 0 Å². The van der Waals surface area contributed by atoms with Gasteiger partial charge in [-0.1, -0.05) is 0 Å². The molecular weight excluding hydrogens is 240 g/mol. The number of hydrogen-bond acceptors (Lipinski definition) is 6. The molecular formula is C7H20NO5P2+. The molecule has 0 fully saturated rings. The van der Waals surface area contributed by atoms with Crippen LogP contribution in [0.15, 0.2) is 0 Å². The van der Waals surface area contributed by atoms with Crippen molar-refractivity contribution in [3.05, 3.63) is 0 Å². The van der Waals surface area contributed by atoms with Gasteiger partial charge in [-0.3, -0.25) is 0 Å². The van der Waals surface area contributed by atoms with Gasteiger partial charge in [-0.2, -0.15) is 13.9 Å². The van der Waals surface area contributed by atoms with E-state index in [0.29, 0.717) is 13.2 Å². The van der Waals surface area contributed by atoms with Crippen LogP contribution in [-0.2, 0) is 9.05 Å². The van der Waals surface area contributed by atoms with E-state index in [2.05, 4.69) is 8.93 Å². The first-order chi connectivity index (χ1) is 6.87. The van der Waals surface area contributed by atoms with Gasteiger partial charge >= 0.3 is 7.63 Å². The molecule has 0 rings (SSSR count). The van der Waals surface area contributed by atoms with E-state index in [1.807, 2.05) is 19.0 Å². The monoisotopic (exact) mass is 260 g/mol. The first-order valence-electron chi connectivity index (χ1n) is 4.50. The Morgan fingerprint density at radius 1 is 1.40 bits per heavy atom. The molecule has 0 spiro atoms. The fraction of sp³-hybridized carbons (Fsp3) is 1.00. The van der Waals surface area contributed by atoms with Gasteiger partial charge in [-0.25, -0.2) is 0 Å². The third-order valence-electron chi connectivity index (χ3n) is 1.48. The van der Waals surface area contributed by atoms with Crippen molar-refractivity contribution in [3.8, 4) is 0 Å². The average molecular weight is 260 g/mol. The van der Waals surface area contributed by atoms with Crippen molar-refractivity contribution >= 4 is 16.6 Å². The van der Waals surface area contributed by atoms with Gasteiger partial charge in [0.25, 0.3) is 0 Å². The lowest BCUT2D eigenvalue weighted by Gasteiger charge is -2.15. The Labute approximate surface area is 92.9 Å². The summed E-state index contributed by atoms with van der Waals surface area (Å²) < 4.78 is 10.1. The molecule has 0 radical (unpaired) electrons. The molecule has 92 valence electrons. The zero-order chi connectivity index (χ0) is 11.9. The van der Waals surface area contributed by atoms with Crippen LogP contribution in [0.2, 0.25) is 0 Å². The van der Waals surface area contributed by atoms with Crippen molar-refractivity contribution in [1.82, 2.24) is 4.90 Å². The predicted octanol–water partition coefficient (Wildman–Crippen LogP) is -0.521. The highest BCUT2D eigenvalue weighted by Crippen LogP contribution is 2.64. The maximum Gasteiger partial charge on any atom is 0.419 e. The molecule has 0 aromatic heterocycles. The van der Waals surface area contributed by atoms with E-state index in [-0.39, 0.29) is 6.61 Å². The minimum atomic E-state index is -2.95. The fourth-order valence-electron chi connectivity index (χ4n) is 0.637. The molecule has 0 aliphatic carbocycles. The van der Waals surface area contributed by atoms with E-state index < -0.39 is 20.3 Å². The van der Waals surface area contributed by atoms with Crippen LogP contribution in [0, 0.1) is 0 Å². The summed E-state index contributed by atoms with van der Waals surface area (Å²) in [6.45, 7) is 0.466. The Bertz CT molecular complexity index is 169. The second kappa shape index (κ2) is 7.82. The minimum Gasteiger partial charge on any atom is -0.394 e. The van der Waals surface area contributed by atoms with Gasteiger partial charge < -0.3 is 15.1 Å². The molecule has 0 heterocycles. The van der Waals surface area contributed by atoms with Crippen molar-refractivity contribution < 1.29 is 24.2 Å². The summed E-state index contributed by atoms with van der Waals surface area (Å²) in [4.78, 5) is 11.5. The fourth-order valence-corrected chi connectivity index (χ4v) is 2.01. The lowest BCUT2D eigenvalue weighted by atomic mass is 10.4. The molecule has 3 unspecified atom stereocenters. The van der Waals surface area contributed by atoms with Crippen molar-refractivity contribution in [2.75, 3.05) is 40.5 Å². The van der Waals surface area contributed by atoms with Crippen molar-refractivity contribution in [2.45, 2.75) is 6.10 Å². The van der Waals surface area contributed by atoms with Crippen LogP contribution in [-0.4, -0.2) is 66.6 Å². The summed E-state index contributed by atoms with van der Waals surface area (Å²) in [5.74, 6) is 0. The van der Waals surface area contributed by atoms with E-state index in [4.69, 9.17) is 19.3 Å². The summed E-state index contributed by atoms with van der Waals surface area (Å²) >= 11 is 0. The number of nitrogens with zero attached hydrogens (tertiary/aromatic N) is 1. The number of aliphatic hydroxyl groups is 2. The average Bonchev–Trinajstić information content (AvgIpc) is 2.13. The van der Waals surface area contributed by atoms with Crippen LogP contribution >= 0.6 is 16.6 Å². The van der Waals surface area contributed by atoms with E-state index >= 15 is 0 Å². The number of likely N-dealkylation sites (N-methyl/N-ethyl adjacent to an activating group) is 1. The molecule has 15 heavy (non-hydrogen) atoms. The molecule has 6 nitrogen and oxygen atoms in total. The molecule has 0 aromatic rings. The van der Waals surface area contributed by atoms with Crippen LogP contribution in [0.5, 0.6) is 0 Å². The maximum atomic E-state index is 9.59. The molecule has 0 aliphatic heterocycles. The zero-order valence-electron chi connectivity index (χ0n) is 9.04. The van der Waals surface area contributed by atoms with Crippen LogP contribution in [0.3, 0.4) is 0 Å². The molecule has 0 bridgehead atoms. The van der Waals surface area contributed by atoms with Crippen molar-refractivity contribution in [1.29, 1.82) is 0 Å². The third-order valence-corrected chi connectivity index (χ3v) is 3.44. The van der Waals surface area contributed by atoms with Gasteiger partial charge in [0.2, 0.25) is 0 Å². The second-order valence-corrected chi connectivity index (χ2v) is 6.94. The van der Waals surface area contributed by atoms with E-state index in [1.165, 1.54) is 0 Å². The van der Waals surface area contributed by atoms with E-state index in [9.17, 15) is 4.89 Å². The highest BCUT2D eigenvalue weighted by molar-refractivity contribution is 8.16. The standard InChI is InChI=1S/C7H20NO5P2/c1-8(2)3-4-12-15(11,14)13-6-7(10)5-9/h7,9-11H,3-6,14H2,1-2H3/q+1. The Morgan fingerprint density at radius 2 is 2.00 bits per heavy atom. The van der Waals surface area contributed by atoms with Crippen molar-refractivity contribution in [3.63, 3.8) is 0 Å². The highest BCUT2D eigenvalue weighted by atomic mass is 32.1. The molecule has 0 amide bonds. The Hall–Kier alpha value is 0.620. The molecule has 0 saturated heterocycles. The van der Waals surface area contributed by atoms with Crippen LogP contribution in [0.4, 0.5) is 0 Å². The number of aliphatic hydroxyl groups excluding tert-OH is 2. The summed E-state index contributed by atoms with van der Waals surface area (Å²) in [5, 5.41) is 17.5. The largest absolute Gasteiger partial charge is 0.419 e. The molecule has 8 heteroatoms. The third kappa shape index (κ3) is 9.54. The lowest BCUT2D eigenvalue weighted by molar-refractivity contribution is 0.0439. The van der Waals surface area contributed by atoms with Crippen LogP contribution in [0.25, 0.3) is 0 Å². The van der Waals surface area contributed by atoms with Crippen LogP contribution < -0.4 is 0 Å². The molecule has 0 saturated carbocycles. The highest BCUT2D eigenvalue weighted by Gasteiger charge is 2.34. The predicted molar refractivity (Wildman–Crippen MR) is 62.4 cm³/mol. The van der Waals surface area contributed by atoms with Gasteiger partial charge in [0.1, 0.15) is 28.2 Å². The summed E-state index contributed by atoms with van der Waals surface area (Å²) in [6, 6.07) is 0. The summed E-state index contributed by atoms with van der Waals surface area (Å²) in [6.07, 6.45) is -0.991. The Kier molecular flexibility index (Phi) is 8.15. The van der Waals surface area contributed by atoms with Gasteiger partial charge in [0.05, 0.1) is 6.61 Å². The Morgan fingerprint density at radius 3 is 2.47 bits per heavy atom. The molecule has 0 aromatic carbocycles. The minimum absolute atomic E-state index is 0.147. The van der Waals surface area contributed by atoms with Gasteiger partial charge in [-0.15, -0.1) is 0 Å². The molecule has 3 N–H and O–H groups in total. The van der Waals surface area contributed by atoms with E-state index in [0.717, 1.165) is 0 Å². The lowest BCUT2D eigenvalue weighted by Crippen LogP contribution is -2.21. The SMILES string of the molecule is CN(C)CCO[P+](O)(P)OCC(O)CO. The van der Waals surface area contributed by atoms with Gasteiger partial charge in [0.15, 0.2) is 0 Å². The second-order valence-electron chi connectivity index (χ2n) is 3.33. The smallest absolute Gasteiger partial charge is 0.394 e. The van der Waals surface area contributed by atoms with Crippen molar-refractivity contribution in [2.24, 2.45) is 0 Å². The number of hydrogen-bond donors (Lipinski definition) is 3. The molecule has 0 aliphatic rings. The van der Waals surface area contributed by atoms with Gasteiger partial charge in [0, 0.05) is 6.54 Å². The first kappa shape index (κ1) is 15.6. The topological polar surface area (TPSA) is 82.4 Å². The molecule has 3 atom stereocenters. The normalized spacial score (nSPS) is 17.8. The van der Waals surface area contributed by atoms with E-state index in [1.54, 1.807) is 0 Å². The summed E-state index contributed by atoms with van der Waals surface area (Å²) in [5.41, 5.74) is 0. The Balaban J connectivity index is 3.66. The zero-order valence-corrected chi connectivity index (χ0v) is 11.1.